The Hall–Kier alpha value is -1.07. The zero-order valence-electron chi connectivity index (χ0n) is 10.8. The largest absolute Gasteiger partial charge is 0.398 e. The minimum Gasteiger partial charge on any atom is -0.398 e. The molecule has 0 aliphatic heterocycles. The monoisotopic (exact) mass is 268 g/mol. The highest BCUT2D eigenvalue weighted by Gasteiger charge is 2.27. The number of hydrogen-bond donors (Lipinski definition) is 2. The third kappa shape index (κ3) is 2.67. The van der Waals surface area contributed by atoms with Crippen LogP contribution in [0.15, 0.2) is 23.1 Å². The van der Waals surface area contributed by atoms with Gasteiger partial charge in [0.05, 0.1) is 4.90 Å². The number of aryl methyl sites for hydroxylation is 1. The van der Waals surface area contributed by atoms with E-state index in [4.69, 9.17) is 5.73 Å². The molecule has 18 heavy (non-hydrogen) atoms. The van der Waals surface area contributed by atoms with E-state index in [-0.39, 0.29) is 10.9 Å². The molecule has 4 nitrogen and oxygen atoms in total. The first-order valence-corrected chi connectivity index (χ1v) is 7.77. The standard InChI is InChI=1S/C13H20N2O2S/c1-9-6-7-12(8-13(9)14)18(16,17)15-10(2)11-4-3-5-11/h6-8,10-11,15H,3-5,14H2,1-2H3. The Morgan fingerprint density at radius 3 is 2.56 bits per heavy atom. The molecule has 1 aromatic carbocycles. The molecule has 0 saturated heterocycles. The first-order valence-electron chi connectivity index (χ1n) is 6.28. The van der Waals surface area contributed by atoms with E-state index in [1.807, 2.05) is 13.8 Å². The number of rotatable bonds is 4. The summed E-state index contributed by atoms with van der Waals surface area (Å²) in [6.07, 6.45) is 3.42. The summed E-state index contributed by atoms with van der Waals surface area (Å²) in [7, 11) is -3.45. The highest BCUT2D eigenvalue weighted by molar-refractivity contribution is 7.89. The number of nitrogen functional groups attached to an aromatic ring is 1. The number of anilines is 1. The van der Waals surface area contributed by atoms with Crippen molar-refractivity contribution < 1.29 is 8.42 Å². The summed E-state index contributed by atoms with van der Waals surface area (Å²) in [4.78, 5) is 0.247. The molecule has 0 bridgehead atoms. The maximum absolute atomic E-state index is 12.2. The Labute approximate surface area is 109 Å². The van der Waals surface area contributed by atoms with Gasteiger partial charge in [0.1, 0.15) is 0 Å². The van der Waals surface area contributed by atoms with Gasteiger partial charge in [0.15, 0.2) is 0 Å². The lowest BCUT2D eigenvalue weighted by Gasteiger charge is -2.31. The predicted molar refractivity (Wildman–Crippen MR) is 72.7 cm³/mol. The molecule has 0 amide bonds. The lowest BCUT2D eigenvalue weighted by Crippen LogP contribution is -2.40. The Kier molecular flexibility index (Phi) is 3.64. The molecule has 1 aromatic rings. The maximum atomic E-state index is 12.2. The molecule has 0 aromatic heterocycles. The topological polar surface area (TPSA) is 72.2 Å². The molecule has 1 aliphatic carbocycles. The van der Waals surface area contributed by atoms with Crippen LogP contribution in [-0.4, -0.2) is 14.5 Å². The molecule has 2 rings (SSSR count). The van der Waals surface area contributed by atoms with Crippen LogP contribution >= 0.6 is 0 Å². The maximum Gasteiger partial charge on any atom is 0.240 e. The van der Waals surface area contributed by atoms with Crippen LogP contribution in [-0.2, 0) is 10.0 Å². The zero-order valence-corrected chi connectivity index (χ0v) is 11.6. The van der Waals surface area contributed by atoms with Crippen molar-refractivity contribution in [2.45, 2.75) is 44.0 Å². The Morgan fingerprint density at radius 2 is 2.06 bits per heavy atom. The lowest BCUT2D eigenvalue weighted by molar-refractivity contribution is 0.260. The van der Waals surface area contributed by atoms with Crippen molar-refractivity contribution in [1.82, 2.24) is 4.72 Å². The molecular weight excluding hydrogens is 248 g/mol. The average Bonchev–Trinajstić information content (AvgIpc) is 2.18. The van der Waals surface area contributed by atoms with E-state index >= 15 is 0 Å². The van der Waals surface area contributed by atoms with Gasteiger partial charge < -0.3 is 5.73 Å². The second kappa shape index (κ2) is 4.90. The van der Waals surface area contributed by atoms with Crippen molar-refractivity contribution in [3.05, 3.63) is 23.8 Å². The van der Waals surface area contributed by atoms with Crippen LogP contribution < -0.4 is 10.5 Å². The minimum absolute atomic E-state index is 0.00808. The second-order valence-electron chi connectivity index (χ2n) is 5.12. The molecule has 1 fully saturated rings. The summed E-state index contributed by atoms with van der Waals surface area (Å²) in [5.74, 6) is 0.475. The van der Waals surface area contributed by atoms with E-state index in [1.54, 1.807) is 12.1 Å². The number of nitrogens with one attached hydrogen (secondary N) is 1. The highest BCUT2D eigenvalue weighted by Crippen LogP contribution is 2.30. The zero-order chi connectivity index (χ0) is 13.3. The van der Waals surface area contributed by atoms with E-state index in [1.165, 1.54) is 12.5 Å². The van der Waals surface area contributed by atoms with E-state index in [0.717, 1.165) is 18.4 Å². The molecular formula is C13H20N2O2S. The van der Waals surface area contributed by atoms with Crippen LogP contribution in [0.2, 0.25) is 0 Å². The molecule has 0 radical (unpaired) electrons. The van der Waals surface area contributed by atoms with Crippen LogP contribution in [0, 0.1) is 12.8 Å². The van der Waals surface area contributed by atoms with E-state index in [9.17, 15) is 8.42 Å². The minimum atomic E-state index is -3.45. The Morgan fingerprint density at radius 1 is 1.39 bits per heavy atom. The van der Waals surface area contributed by atoms with Crippen LogP contribution in [0.5, 0.6) is 0 Å². The van der Waals surface area contributed by atoms with Gasteiger partial charge in [-0.2, -0.15) is 0 Å². The Balaban J connectivity index is 2.16. The van der Waals surface area contributed by atoms with Crippen LogP contribution in [0.25, 0.3) is 0 Å². The SMILES string of the molecule is Cc1ccc(S(=O)(=O)NC(C)C2CCC2)cc1N. The first-order chi connectivity index (χ1) is 8.40. The van der Waals surface area contributed by atoms with Crippen LogP contribution in [0.4, 0.5) is 5.69 Å². The van der Waals surface area contributed by atoms with Crippen LogP contribution in [0.3, 0.4) is 0 Å². The number of benzene rings is 1. The number of sulfonamides is 1. The van der Waals surface area contributed by atoms with Gasteiger partial charge in [-0.3, -0.25) is 0 Å². The van der Waals surface area contributed by atoms with Gasteiger partial charge in [-0.1, -0.05) is 12.5 Å². The van der Waals surface area contributed by atoms with Gasteiger partial charge >= 0.3 is 0 Å². The lowest BCUT2D eigenvalue weighted by atomic mass is 9.81. The average molecular weight is 268 g/mol. The molecule has 1 saturated carbocycles. The van der Waals surface area contributed by atoms with Crippen molar-refractivity contribution in [1.29, 1.82) is 0 Å². The van der Waals surface area contributed by atoms with Gasteiger partial charge in [0, 0.05) is 11.7 Å². The van der Waals surface area contributed by atoms with Gasteiger partial charge in [0.2, 0.25) is 10.0 Å². The molecule has 3 N–H and O–H groups in total. The van der Waals surface area contributed by atoms with Crippen molar-refractivity contribution in [2.75, 3.05) is 5.73 Å². The number of nitrogens with two attached hydrogens (primary N) is 1. The highest BCUT2D eigenvalue weighted by atomic mass is 32.2. The summed E-state index contributed by atoms with van der Waals surface area (Å²) < 4.78 is 27.1. The summed E-state index contributed by atoms with van der Waals surface area (Å²) in [6.45, 7) is 3.79. The fourth-order valence-corrected chi connectivity index (χ4v) is 3.48. The van der Waals surface area contributed by atoms with E-state index in [0.29, 0.717) is 11.6 Å². The first kappa shape index (κ1) is 13.4. The Bertz CT molecular complexity index is 536. The van der Waals surface area contributed by atoms with Gasteiger partial charge in [-0.15, -0.1) is 0 Å². The fourth-order valence-electron chi connectivity index (χ4n) is 2.13. The van der Waals surface area contributed by atoms with Crippen molar-refractivity contribution in [2.24, 2.45) is 5.92 Å². The molecule has 1 atom stereocenters. The van der Waals surface area contributed by atoms with Crippen LogP contribution in [0.1, 0.15) is 31.7 Å². The van der Waals surface area contributed by atoms with Crippen molar-refractivity contribution in [3.63, 3.8) is 0 Å². The second-order valence-corrected chi connectivity index (χ2v) is 6.83. The molecule has 0 spiro atoms. The molecule has 1 unspecified atom stereocenters. The number of hydrogen-bond acceptors (Lipinski definition) is 3. The predicted octanol–water partition coefficient (Wildman–Crippen LogP) is 2.04. The molecule has 100 valence electrons. The summed E-state index contributed by atoms with van der Waals surface area (Å²) in [5, 5.41) is 0. The van der Waals surface area contributed by atoms with Gasteiger partial charge in [0.25, 0.3) is 0 Å². The molecule has 5 heteroatoms. The summed E-state index contributed by atoms with van der Waals surface area (Å²) >= 11 is 0. The normalized spacial score (nSPS) is 18.3. The third-order valence-electron chi connectivity index (χ3n) is 3.76. The smallest absolute Gasteiger partial charge is 0.240 e. The van der Waals surface area contributed by atoms with Gasteiger partial charge in [-0.05, 0) is 50.3 Å². The van der Waals surface area contributed by atoms with Crippen molar-refractivity contribution >= 4 is 15.7 Å². The quantitative estimate of drug-likeness (QED) is 0.821. The summed E-state index contributed by atoms with van der Waals surface area (Å²) in [6, 6.07) is 4.84. The van der Waals surface area contributed by atoms with Crippen molar-refractivity contribution in [3.8, 4) is 0 Å². The fraction of sp³-hybridized carbons (Fsp3) is 0.538. The van der Waals surface area contributed by atoms with E-state index < -0.39 is 10.0 Å². The molecule has 0 heterocycles. The molecule has 1 aliphatic rings. The summed E-state index contributed by atoms with van der Waals surface area (Å²) in [5.41, 5.74) is 7.15. The van der Waals surface area contributed by atoms with Gasteiger partial charge in [-0.25, -0.2) is 13.1 Å². The van der Waals surface area contributed by atoms with E-state index in [2.05, 4.69) is 4.72 Å². The third-order valence-corrected chi connectivity index (χ3v) is 5.32.